The first-order chi connectivity index (χ1) is 12.7. The molecule has 0 saturated heterocycles. The number of rotatable bonds is 7. The molecule has 27 heavy (non-hydrogen) atoms. The minimum absolute atomic E-state index is 0.179. The summed E-state index contributed by atoms with van der Waals surface area (Å²) < 4.78 is 11.2. The van der Waals surface area contributed by atoms with E-state index in [1.165, 1.54) is 11.1 Å². The molecule has 0 aliphatic heterocycles. The number of carbonyl (C=O) groups is 1. The van der Waals surface area contributed by atoms with Gasteiger partial charge in [0.15, 0.2) is 6.10 Å². The van der Waals surface area contributed by atoms with Crippen LogP contribution in [0.15, 0.2) is 24.4 Å². The summed E-state index contributed by atoms with van der Waals surface area (Å²) in [4.78, 5) is 16.8. The number of carbonyl (C=O) groups excluding carboxylic acids is 1. The molecule has 146 valence electrons. The summed E-state index contributed by atoms with van der Waals surface area (Å²) in [5.74, 6) is 1.79. The predicted octanol–water partition coefficient (Wildman–Crippen LogP) is 4.22. The molecular formula is C22H30N2O3. The average Bonchev–Trinajstić information content (AvgIpc) is 2.61. The van der Waals surface area contributed by atoms with Gasteiger partial charge in [-0.15, -0.1) is 0 Å². The van der Waals surface area contributed by atoms with Crippen molar-refractivity contribution in [1.29, 1.82) is 0 Å². The molecule has 0 fully saturated rings. The molecule has 0 bridgehead atoms. The zero-order chi connectivity index (χ0) is 20.1. The second-order valence-electron chi connectivity index (χ2n) is 7.20. The third-order valence-corrected chi connectivity index (χ3v) is 4.73. The van der Waals surface area contributed by atoms with Gasteiger partial charge in [0, 0.05) is 17.3 Å². The Morgan fingerprint density at radius 3 is 2.44 bits per heavy atom. The fraction of sp³-hybridized carbons (Fsp3) is 0.455. The number of pyridine rings is 1. The van der Waals surface area contributed by atoms with E-state index in [1.54, 1.807) is 20.2 Å². The van der Waals surface area contributed by atoms with Crippen LogP contribution in [0.4, 0.5) is 0 Å². The Hall–Kier alpha value is -2.56. The Morgan fingerprint density at radius 1 is 1.15 bits per heavy atom. The van der Waals surface area contributed by atoms with E-state index < -0.39 is 6.10 Å². The zero-order valence-corrected chi connectivity index (χ0v) is 17.3. The van der Waals surface area contributed by atoms with Gasteiger partial charge in [0.1, 0.15) is 11.5 Å². The van der Waals surface area contributed by atoms with Crippen LogP contribution in [0, 0.1) is 20.8 Å². The van der Waals surface area contributed by atoms with Crippen molar-refractivity contribution in [1.82, 2.24) is 10.3 Å². The van der Waals surface area contributed by atoms with Gasteiger partial charge in [-0.1, -0.05) is 19.9 Å². The largest absolute Gasteiger partial charge is 0.496 e. The molecule has 5 nitrogen and oxygen atoms in total. The van der Waals surface area contributed by atoms with Gasteiger partial charge in [-0.05, 0) is 56.9 Å². The molecular weight excluding hydrogens is 340 g/mol. The van der Waals surface area contributed by atoms with Crippen LogP contribution in [-0.4, -0.2) is 24.1 Å². The highest BCUT2D eigenvalue weighted by Gasteiger charge is 2.17. The molecule has 0 saturated carbocycles. The van der Waals surface area contributed by atoms with E-state index in [2.05, 4.69) is 37.1 Å². The SMILES string of the molecule is COc1c(C)cnc(CNC(=O)C(C)Oc2ccc(C(C)C)c(C)c2)c1C. The summed E-state index contributed by atoms with van der Waals surface area (Å²) in [6, 6.07) is 5.96. The van der Waals surface area contributed by atoms with Crippen LogP contribution in [-0.2, 0) is 11.3 Å². The highest BCUT2D eigenvalue weighted by atomic mass is 16.5. The van der Waals surface area contributed by atoms with Crippen molar-refractivity contribution in [2.24, 2.45) is 0 Å². The fourth-order valence-corrected chi connectivity index (χ4v) is 3.19. The topological polar surface area (TPSA) is 60.5 Å². The predicted molar refractivity (Wildman–Crippen MR) is 107 cm³/mol. The van der Waals surface area contributed by atoms with Crippen LogP contribution in [0.2, 0.25) is 0 Å². The van der Waals surface area contributed by atoms with Gasteiger partial charge in [-0.3, -0.25) is 9.78 Å². The number of nitrogens with one attached hydrogen (secondary N) is 1. The van der Waals surface area contributed by atoms with Crippen molar-refractivity contribution in [3.8, 4) is 11.5 Å². The summed E-state index contributed by atoms with van der Waals surface area (Å²) in [7, 11) is 1.64. The summed E-state index contributed by atoms with van der Waals surface area (Å²) in [5.41, 5.74) is 5.15. The summed E-state index contributed by atoms with van der Waals surface area (Å²) in [6.07, 6.45) is 1.16. The van der Waals surface area contributed by atoms with E-state index in [1.807, 2.05) is 26.0 Å². The minimum atomic E-state index is -0.595. The number of hydrogen-bond acceptors (Lipinski definition) is 4. The molecule has 0 spiro atoms. The molecule has 2 rings (SSSR count). The Morgan fingerprint density at radius 2 is 1.85 bits per heavy atom. The van der Waals surface area contributed by atoms with E-state index in [0.717, 1.165) is 22.6 Å². The molecule has 0 aliphatic carbocycles. The number of aryl methyl sites for hydroxylation is 2. The second kappa shape index (κ2) is 8.89. The van der Waals surface area contributed by atoms with Crippen LogP contribution in [0.5, 0.6) is 11.5 Å². The lowest BCUT2D eigenvalue weighted by molar-refractivity contribution is -0.127. The van der Waals surface area contributed by atoms with Crippen LogP contribution in [0.3, 0.4) is 0 Å². The monoisotopic (exact) mass is 370 g/mol. The van der Waals surface area contributed by atoms with Gasteiger partial charge >= 0.3 is 0 Å². The number of aromatic nitrogens is 1. The van der Waals surface area contributed by atoms with Gasteiger partial charge in [-0.2, -0.15) is 0 Å². The second-order valence-corrected chi connectivity index (χ2v) is 7.20. The first kappa shape index (κ1) is 20.7. The van der Waals surface area contributed by atoms with Crippen LogP contribution < -0.4 is 14.8 Å². The van der Waals surface area contributed by atoms with Crippen molar-refractivity contribution < 1.29 is 14.3 Å². The Kier molecular flexibility index (Phi) is 6.83. The first-order valence-electron chi connectivity index (χ1n) is 9.28. The quantitative estimate of drug-likeness (QED) is 0.793. The Labute approximate surface area is 162 Å². The Balaban J connectivity index is 1.99. The summed E-state index contributed by atoms with van der Waals surface area (Å²) in [5, 5.41) is 2.89. The van der Waals surface area contributed by atoms with E-state index in [4.69, 9.17) is 9.47 Å². The molecule has 1 unspecified atom stereocenters. The van der Waals surface area contributed by atoms with Gasteiger partial charge in [0.25, 0.3) is 5.91 Å². The molecule has 2 aromatic rings. The zero-order valence-electron chi connectivity index (χ0n) is 17.3. The third-order valence-electron chi connectivity index (χ3n) is 4.73. The summed E-state index contributed by atoms with van der Waals surface area (Å²) >= 11 is 0. The molecule has 1 amide bonds. The summed E-state index contributed by atoms with van der Waals surface area (Å²) in [6.45, 7) is 12.4. The van der Waals surface area contributed by atoms with E-state index >= 15 is 0 Å². The normalized spacial score (nSPS) is 12.0. The molecule has 0 aliphatic rings. The third kappa shape index (κ3) is 5.00. The van der Waals surface area contributed by atoms with Crippen molar-refractivity contribution in [3.63, 3.8) is 0 Å². The van der Waals surface area contributed by atoms with Crippen molar-refractivity contribution >= 4 is 5.91 Å². The lowest BCUT2D eigenvalue weighted by atomic mass is 9.98. The number of amides is 1. The van der Waals surface area contributed by atoms with E-state index in [-0.39, 0.29) is 5.91 Å². The molecule has 1 aromatic carbocycles. The van der Waals surface area contributed by atoms with E-state index in [9.17, 15) is 4.79 Å². The maximum absolute atomic E-state index is 12.4. The van der Waals surface area contributed by atoms with E-state index in [0.29, 0.717) is 18.2 Å². The van der Waals surface area contributed by atoms with Gasteiger partial charge in [0.2, 0.25) is 0 Å². The fourth-order valence-electron chi connectivity index (χ4n) is 3.19. The van der Waals surface area contributed by atoms with Crippen molar-refractivity contribution in [2.75, 3.05) is 7.11 Å². The molecule has 5 heteroatoms. The number of ether oxygens (including phenoxy) is 2. The van der Waals surface area contributed by atoms with Crippen LogP contribution in [0.1, 0.15) is 54.6 Å². The number of benzene rings is 1. The lowest BCUT2D eigenvalue weighted by Crippen LogP contribution is -2.36. The maximum Gasteiger partial charge on any atom is 0.261 e. The Bertz CT molecular complexity index is 815. The van der Waals surface area contributed by atoms with Crippen LogP contribution >= 0.6 is 0 Å². The highest BCUT2D eigenvalue weighted by Crippen LogP contribution is 2.25. The van der Waals surface area contributed by atoms with Crippen LogP contribution in [0.25, 0.3) is 0 Å². The lowest BCUT2D eigenvalue weighted by Gasteiger charge is -2.17. The number of hydrogen-bond donors (Lipinski definition) is 1. The van der Waals surface area contributed by atoms with Gasteiger partial charge < -0.3 is 14.8 Å². The molecule has 0 radical (unpaired) electrons. The molecule has 1 aromatic heterocycles. The molecule has 1 atom stereocenters. The molecule has 1 N–H and O–H groups in total. The number of methoxy groups -OCH3 is 1. The van der Waals surface area contributed by atoms with Gasteiger partial charge in [0.05, 0.1) is 19.3 Å². The maximum atomic E-state index is 12.4. The van der Waals surface area contributed by atoms with Crippen molar-refractivity contribution in [2.45, 2.75) is 60.1 Å². The van der Waals surface area contributed by atoms with Crippen molar-refractivity contribution in [3.05, 3.63) is 52.3 Å². The standard InChI is InChI=1S/C22H30N2O3/c1-13(2)19-9-8-18(10-14(19)3)27-17(6)22(25)24-12-20-16(5)21(26-7)15(4)11-23-20/h8-11,13,17H,12H2,1-7H3,(H,24,25). The van der Waals surface area contributed by atoms with Gasteiger partial charge in [-0.25, -0.2) is 0 Å². The average molecular weight is 370 g/mol. The minimum Gasteiger partial charge on any atom is -0.496 e. The molecule has 1 heterocycles. The first-order valence-corrected chi connectivity index (χ1v) is 9.28. The smallest absolute Gasteiger partial charge is 0.261 e. The highest BCUT2D eigenvalue weighted by molar-refractivity contribution is 5.80. The number of nitrogens with zero attached hydrogens (tertiary/aromatic N) is 1.